The molecule has 1 aromatic heterocycles. The van der Waals surface area contributed by atoms with Gasteiger partial charge in [-0.3, -0.25) is 9.59 Å². The largest absolute Gasteiger partial charge is 0.481 e. The maximum absolute atomic E-state index is 11.5. The van der Waals surface area contributed by atoms with Crippen LogP contribution in [0.3, 0.4) is 0 Å². The van der Waals surface area contributed by atoms with Crippen LogP contribution in [0, 0.1) is 5.92 Å². The number of carboxylic acids is 1. The number of aliphatic carboxylic acids is 1. The molecule has 1 saturated heterocycles. The van der Waals surface area contributed by atoms with Gasteiger partial charge in [0.05, 0.1) is 5.92 Å². The summed E-state index contributed by atoms with van der Waals surface area (Å²) >= 11 is 1.58. The van der Waals surface area contributed by atoms with Crippen molar-refractivity contribution in [2.24, 2.45) is 5.92 Å². The predicted molar refractivity (Wildman–Crippen MR) is 55.5 cm³/mol. The summed E-state index contributed by atoms with van der Waals surface area (Å²) in [6.07, 6.45) is 0.138. The molecule has 1 atom stereocenters. The van der Waals surface area contributed by atoms with E-state index in [2.05, 4.69) is 0 Å². The third kappa shape index (κ3) is 2.18. The van der Waals surface area contributed by atoms with Gasteiger partial charge in [0.15, 0.2) is 0 Å². The molecule has 80 valence electrons. The van der Waals surface area contributed by atoms with Crippen molar-refractivity contribution in [3.63, 3.8) is 0 Å². The molecule has 1 aliphatic rings. The lowest BCUT2D eigenvalue weighted by Crippen LogP contribution is -2.25. The van der Waals surface area contributed by atoms with Crippen LogP contribution in [0.1, 0.15) is 12.0 Å². The molecule has 4 nitrogen and oxygen atoms in total. The Morgan fingerprint density at radius 2 is 2.47 bits per heavy atom. The molecule has 0 unspecified atom stereocenters. The van der Waals surface area contributed by atoms with Crippen LogP contribution in [0.15, 0.2) is 16.8 Å². The Balaban J connectivity index is 2.00. The Bertz CT molecular complexity index is 374. The lowest BCUT2D eigenvalue weighted by molar-refractivity contribution is -0.141. The summed E-state index contributed by atoms with van der Waals surface area (Å²) in [7, 11) is 0. The molecule has 0 bridgehead atoms. The van der Waals surface area contributed by atoms with E-state index in [0.717, 1.165) is 5.56 Å². The van der Waals surface area contributed by atoms with Crippen LogP contribution >= 0.6 is 11.3 Å². The van der Waals surface area contributed by atoms with E-state index in [1.165, 1.54) is 0 Å². The topological polar surface area (TPSA) is 57.6 Å². The molecule has 0 radical (unpaired) electrons. The predicted octanol–water partition coefficient (Wildman–Crippen LogP) is 1.18. The highest BCUT2D eigenvalue weighted by molar-refractivity contribution is 7.07. The van der Waals surface area contributed by atoms with E-state index < -0.39 is 11.9 Å². The number of nitrogens with zero attached hydrogens (tertiary/aromatic N) is 1. The summed E-state index contributed by atoms with van der Waals surface area (Å²) in [5.74, 6) is -1.47. The van der Waals surface area contributed by atoms with Crippen molar-refractivity contribution in [3.8, 4) is 0 Å². The summed E-state index contributed by atoms with van der Waals surface area (Å²) in [6, 6.07) is 1.95. The van der Waals surface area contributed by atoms with Gasteiger partial charge in [-0.15, -0.1) is 0 Å². The van der Waals surface area contributed by atoms with Gasteiger partial charge in [-0.2, -0.15) is 11.3 Å². The molecular formula is C10H11NO3S. The second kappa shape index (κ2) is 4.02. The van der Waals surface area contributed by atoms with E-state index in [9.17, 15) is 9.59 Å². The van der Waals surface area contributed by atoms with Gasteiger partial charge in [-0.05, 0) is 22.4 Å². The smallest absolute Gasteiger partial charge is 0.308 e. The van der Waals surface area contributed by atoms with Crippen LogP contribution in [0.25, 0.3) is 0 Å². The average Bonchev–Trinajstić information content (AvgIpc) is 2.77. The molecule has 1 aromatic rings. The summed E-state index contributed by atoms with van der Waals surface area (Å²) < 4.78 is 0. The second-order valence-electron chi connectivity index (χ2n) is 3.65. The van der Waals surface area contributed by atoms with E-state index in [4.69, 9.17) is 5.11 Å². The molecule has 1 fully saturated rings. The van der Waals surface area contributed by atoms with E-state index in [-0.39, 0.29) is 12.3 Å². The average molecular weight is 225 g/mol. The number of hydrogen-bond acceptors (Lipinski definition) is 3. The molecular weight excluding hydrogens is 214 g/mol. The number of rotatable bonds is 3. The third-order valence-electron chi connectivity index (χ3n) is 2.52. The highest BCUT2D eigenvalue weighted by Crippen LogP contribution is 2.20. The molecule has 0 aliphatic carbocycles. The molecule has 2 heterocycles. The fourth-order valence-electron chi connectivity index (χ4n) is 1.69. The molecule has 0 aromatic carbocycles. The lowest BCUT2D eigenvalue weighted by atomic mass is 10.1. The first-order valence-electron chi connectivity index (χ1n) is 4.68. The first kappa shape index (κ1) is 10.2. The van der Waals surface area contributed by atoms with E-state index in [1.807, 2.05) is 16.8 Å². The maximum atomic E-state index is 11.5. The van der Waals surface area contributed by atoms with E-state index >= 15 is 0 Å². The van der Waals surface area contributed by atoms with Gasteiger partial charge in [0.25, 0.3) is 0 Å². The molecule has 0 spiro atoms. The molecule has 15 heavy (non-hydrogen) atoms. The van der Waals surface area contributed by atoms with Crippen molar-refractivity contribution in [1.29, 1.82) is 0 Å². The third-order valence-corrected chi connectivity index (χ3v) is 3.25. The van der Waals surface area contributed by atoms with E-state index in [0.29, 0.717) is 13.1 Å². The van der Waals surface area contributed by atoms with Gasteiger partial charge in [0.2, 0.25) is 5.91 Å². The first-order valence-corrected chi connectivity index (χ1v) is 5.63. The SMILES string of the molecule is O=C(O)[C@@H]1CC(=O)N(Cc2ccsc2)C1. The standard InChI is InChI=1S/C10H11NO3S/c12-9-3-8(10(13)14)5-11(9)4-7-1-2-15-6-7/h1-2,6,8H,3-5H2,(H,13,14)/t8-/m1/s1. The van der Waals surface area contributed by atoms with Crippen molar-refractivity contribution >= 4 is 23.2 Å². The normalized spacial score (nSPS) is 20.9. The highest BCUT2D eigenvalue weighted by atomic mass is 32.1. The van der Waals surface area contributed by atoms with Crippen LogP contribution in [-0.2, 0) is 16.1 Å². The molecule has 1 aliphatic heterocycles. The number of hydrogen-bond donors (Lipinski definition) is 1. The van der Waals surface area contributed by atoms with Crippen molar-refractivity contribution in [3.05, 3.63) is 22.4 Å². The number of likely N-dealkylation sites (tertiary alicyclic amines) is 1. The molecule has 0 saturated carbocycles. The van der Waals surface area contributed by atoms with Crippen LogP contribution in [-0.4, -0.2) is 28.4 Å². The molecule has 5 heteroatoms. The van der Waals surface area contributed by atoms with Crippen molar-refractivity contribution in [2.75, 3.05) is 6.54 Å². The maximum Gasteiger partial charge on any atom is 0.308 e. The fraction of sp³-hybridized carbons (Fsp3) is 0.400. The number of carboxylic acid groups (broad SMARTS) is 1. The number of carbonyl (C=O) groups excluding carboxylic acids is 1. The Morgan fingerprint density at radius 3 is 3.00 bits per heavy atom. The quantitative estimate of drug-likeness (QED) is 0.840. The zero-order chi connectivity index (χ0) is 10.8. The van der Waals surface area contributed by atoms with Crippen molar-refractivity contribution in [2.45, 2.75) is 13.0 Å². The molecule has 1 N–H and O–H groups in total. The molecule has 2 rings (SSSR count). The monoisotopic (exact) mass is 225 g/mol. The number of carbonyl (C=O) groups is 2. The van der Waals surface area contributed by atoms with Gasteiger partial charge in [-0.25, -0.2) is 0 Å². The zero-order valence-corrected chi connectivity index (χ0v) is 8.87. The van der Waals surface area contributed by atoms with Crippen LogP contribution in [0.4, 0.5) is 0 Å². The zero-order valence-electron chi connectivity index (χ0n) is 8.05. The summed E-state index contributed by atoms with van der Waals surface area (Å²) in [6.45, 7) is 0.871. The van der Waals surface area contributed by atoms with Gasteiger partial charge in [0, 0.05) is 19.5 Å². The summed E-state index contributed by atoms with van der Waals surface area (Å²) in [5, 5.41) is 12.7. The Hall–Kier alpha value is -1.36. The van der Waals surface area contributed by atoms with Crippen LogP contribution in [0.2, 0.25) is 0 Å². The molecule has 1 amide bonds. The minimum Gasteiger partial charge on any atom is -0.481 e. The van der Waals surface area contributed by atoms with Gasteiger partial charge in [-0.1, -0.05) is 0 Å². The van der Waals surface area contributed by atoms with Gasteiger partial charge in [0.1, 0.15) is 0 Å². The van der Waals surface area contributed by atoms with E-state index in [1.54, 1.807) is 16.2 Å². The summed E-state index contributed by atoms with van der Waals surface area (Å²) in [5.41, 5.74) is 1.07. The Kier molecular flexibility index (Phi) is 2.73. The Morgan fingerprint density at radius 1 is 1.67 bits per heavy atom. The second-order valence-corrected chi connectivity index (χ2v) is 4.43. The first-order chi connectivity index (χ1) is 7.16. The summed E-state index contributed by atoms with van der Waals surface area (Å²) in [4.78, 5) is 23.8. The van der Waals surface area contributed by atoms with Gasteiger partial charge >= 0.3 is 5.97 Å². The van der Waals surface area contributed by atoms with Crippen LogP contribution in [0.5, 0.6) is 0 Å². The van der Waals surface area contributed by atoms with Crippen molar-refractivity contribution in [1.82, 2.24) is 4.90 Å². The number of thiophene rings is 1. The minimum atomic E-state index is -0.879. The lowest BCUT2D eigenvalue weighted by Gasteiger charge is -2.14. The Labute approximate surface area is 91.1 Å². The number of amides is 1. The highest BCUT2D eigenvalue weighted by Gasteiger charge is 2.33. The van der Waals surface area contributed by atoms with Crippen LogP contribution < -0.4 is 0 Å². The van der Waals surface area contributed by atoms with Gasteiger partial charge < -0.3 is 10.0 Å². The minimum absolute atomic E-state index is 0.0615. The fourth-order valence-corrected chi connectivity index (χ4v) is 2.35. The van der Waals surface area contributed by atoms with Crippen molar-refractivity contribution < 1.29 is 14.7 Å².